The second kappa shape index (κ2) is 7.22. The number of hydrogen-bond donors (Lipinski definition) is 0. The summed E-state index contributed by atoms with van der Waals surface area (Å²) in [5.41, 5.74) is 0. The molecule has 0 N–H and O–H groups in total. The molecule has 0 saturated carbocycles. The number of thioether (sulfide) groups is 1. The van der Waals surface area contributed by atoms with Crippen LogP contribution in [-0.2, 0) is 4.79 Å². The number of hydrogen-bond acceptors (Lipinski definition) is 4. The first kappa shape index (κ1) is 15.5. The highest BCUT2D eigenvalue weighted by Crippen LogP contribution is 2.26. The van der Waals surface area contributed by atoms with E-state index in [1.165, 1.54) is 17.8 Å². The SMILES string of the molecule is O=C(CC1CCSCC1)N1CCN(C(=O)c2ccco2)CC1. The average Bonchev–Trinajstić information content (AvgIpc) is 3.10. The molecule has 6 heteroatoms. The molecule has 0 aliphatic carbocycles. The maximum atomic E-state index is 12.4. The molecule has 2 fully saturated rings. The van der Waals surface area contributed by atoms with Crippen molar-refractivity contribution < 1.29 is 14.0 Å². The number of carbonyl (C=O) groups is 2. The zero-order chi connectivity index (χ0) is 15.4. The largest absolute Gasteiger partial charge is 0.459 e. The normalized spacial score (nSPS) is 20.2. The van der Waals surface area contributed by atoms with Crippen LogP contribution in [0, 0.1) is 5.92 Å². The van der Waals surface area contributed by atoms with Crippen molar-refractivity contribution in [2.75, 3.05) is 37.7 Å². The monoisotopic (exact) mass is 322 g/mol. The Bertz CT molecular complexity index is 503. The van der Waals surface area contributed by atoms with Crippen molar-refractivity contribution in [1.82, 2.24) is 9.80 Å². The van der Waals surface area contributed by atoms with Gasteiger partial charge in [0.05, 0.1) is 6.26 Å². The quantitative estimate of drug-likeness (QED) is 0.855. The summed E-state index contributed by atoms with van der Waals surface area (Å²) in [7, 11) is 0. The lowest BCUT2D eigenvalue weighted by Crippen LogP contribution is -2.50. The van der Waals surface area contributed by atoms with E-state index in [4.69, 9.17) is 4.42 Å². The predicted molar refractivity (Wildman–Crippen MR) is 85.9 cm³/mol. The fraction of sp³-hybridized carbons (Fsp3) is 0.625. The molecule has 120 valence electrons. The van der Waals surface area contributed by atoms with Crippen molar-refractivity contribution in [2.24, 2.45) is 5.92 Å². The molecule has 2 amide bonds. The first-order valence-electron chi connectivity index (χ1n) is 7.92. The Labute approximate surface area is 135 Å². The van der Waals surface area contributed by atoms with Crippen molar-refractivity contribution >= 4 is 23.6 Å². The van der Waals surface area contributed by atoms with Gasteiger partial charge in [-0.15, -0.1) is 0 Å². The van der Waals surface area contributed by atoms with Crippen LogP contribution in [0.3, 0.4) is 0 Å². The van der Waals surface area contributed by atoms with Gasteiger partial charge in [-0.2, -0.15) is 11.8 Å². The standard InChI is InChI=1S/C16H22N2O3S/c19-15(12-13-3-10-22-11-4-13)17-5-7-18(8-6-17)16(20)14-2-1-9-21-14/h1-2,9,13H,3-8,10-12H2. The average molecular weight is 322 g/mol. The molecule has 0 aromatic carbocycles. The number of carbonyl (C=O) groups excluding carboxylic acids is 2. The van der Waals surface area contributed by atoms with Gasteiger partial charge in [-0.25, -0.2) is 0 Å². The number of piperazine rings is 1. The third-order valence-corrected chi connectivity index (χ3v) is 5.50. The van der Waals surface area contributed by atoms with E-state index in [-0.39, 0.29) is 11.8 Å². The summed E-state index contributed by atoms with van der Waals surface area (Å²) in [6.07, 6.45) is 4.50. The predicted octanol–water partition coefficient (Wildman–Crippen LogP) is 2.10. The zero-order valence-corrected chi connectivity index (χ0v) is 13.5. The summed E-state index contributed by atoms with van der Waals surface area (Å²) >= 11 is 1.99. The van der Waals surface area contributed by atoms with Gasteiger partial charge in [-0.1, -0.05) is 0 Å². The van der Waals surface area contributed by atoms with Gasteiger partial charge in [-0.05, 0) is 42.4 Å². The van der Waals surface area contributed by atoms with Crippen LogP contribution in [-0.4, -0.2) is 59.3 Å². The summed E-state index contributed by atoms with van der Waals surface area (Å²) < 4.78 is 5.15. The Morgan fingerprint density at radius 2 is 1.82 bits per heavy atom. The molecular weight excluding hydrogens is 300 g/mol. The molecule has 0 bridgehead atoms. The van der Waals surface area contributed by atoms with Crippen molar-refractivity contribution in [3.63, 3.8) is 0 Å². The Hall–Kier alpha value is -1.43. The van der Waals surface area contributed by atoms with Crippen LogP contribution in [0.1, 0.15) is 29.8 Å². The Morgan fingerprint density at radius 1 is 1.14 bits per heavy atom. The molecule has 3 heterocycles. The second-order valence-corrected chi connectivity index (χ2v) is 7.13. The fourth-order valence-electron chi connectivity index (χ4n) is 3.04. The molecule has 5 nitrogen and oxygen atoms in total. The van der Waals surface area contributed by atoms with Gasteiger partial charge in [0.25, 0.3) is 5.91 Å². The van der Waals surface area contributed by atoms with Crippen LogP contribution in [0.25, 0.3) is 0 Å². The zero-order valence-electron chi connectivity index (χ0n) is 12.7. The lowest BCUT2D eigenvalue weighted by molar-refractivity contribution is -0.133. The number of nitrogens with zero attached hydrogens (tertiary/aromatic N) is 2. The molecule has 2 aliphatic rings. The van der Waals surface area contributed by atoms with E-state index >= 15 is 0 Å². The Balaban J connectivity index is 1.46. The van der Waals surface area contributed by atoms with Gasteiger partial charge in [0.2, 0.25) is 5.91 Å². The van der Waals surface area contributed by atoms with E-state index in [0.717, 1.165) is 12.8 Å². The molecular formula is C16H22N2O3S. The van der Waals surface area contributed by atoms with Crippen molar-refractivity contribution in [3.05, 3.63) is 24.2 Å². The molecule has 1 aromatic heterocycles. The lowest BCUT2D eigenvalue weighted by Gasteiger charge is -2.35. The third-order valence-electron chi connectivity index (χ3n) is 4.46. The number of rotatable bonds is 3. The van der Waals surface area contributed by atoms with E-state index in [2.05, 4.69) is 0 Å². The Morgan fingerprint density at radius 3 is 2.45 bits per heavy atom. The molecule has 2 aliphatic heterocycles. The van der Waals surface area contributed by atoms with Gasteiger partial charge in [0, 0.05) is 32.6 Å². The van der Waals surface area contributed by atoms with E-state index in [1.807, 2.05) is 16.7 Å². The van der Waals surface area contributed by atoms with Crippen LogP contribution < -0.4 is 0 Å². The van der Waals surface area contributed by atoms with Gasteiger partial charge in [0.1, 0.15) is 0 Å². The Kier molecular flexibility index (Phi) is 5.08. The minimum Gasteiger partial charge on any atom is -0.459 e. The van der Waals surface area contributed by atoms with Gasteiger partial charge >= 0.3 is 0 Å². The molecule has 0 radical (unpaired) electrons. The van der Waals surface area contributed by atoms with Crippen LogP contribution in [0.2, 0.25) is 0 Å². The second-order valence-electron chi connectivity index (χ2n) is 5.91. The summed E-state index contributed by atoms with van der Waals surface area (Å²) in [5.74, 6) is 3.46. The van der Waals surface area contributed by atoms with E-state index in [1.54, 1.807) is 17.0 Å². The molecule has 0 spiro atoms. The summed E-state index contributed by atoms with van der Waals surface area (Å²) in [4.78, 5) is 28.2. The van der Waals surface area contributed by atoms with Gasteiger partial charge in [0.15, 0.2) is 5.76 Å². The molecule has 2 saturated heterocycles. The van der Waals surface area contributed by atoms with Crippen LogP contribution in [0.15, 0.2) is 22.8 Å². The first-order valence-corrected chi connectivity index (χ1v) is 9.08. The maximum absolute atomic E-state index is 12.4. The molecule has 0 atom stereocenters. The van der Waals surface area contributed by atoms with Gasteiger partial charge in [-0.3, -0.25) is 9.59 Å². The van der Waals surface area contributed by atoms with Crippen molar-refractivity contribution in [3.8, 4) is 0 Å². The lowest BCUT2D eigenvalue weighted by atomic mass is 9.98. The third kappa shape index (κ3) is 3.66. The van der Waals surface area contributed by atoms with E-state index in [0.29, 0.717) is 44.3 Å². The van der Waals surface area contributed by atoms with Crippen LogP contribution in [0.4, 0.5) is 0 Å². The topological polar surface area (TPSA) is 53.8 Å². The molecule has 22 heavy (non-hydrogen) atoms. The van der Waals surface area contributed by atoms with Gasteiger partial charge < -0.3 is 14.2 Å². The molecule has 3 rings (SSSR count). The van der Waals surface area contributed by atoms with Crippen LogP contribution in [0.5, 0.6) is 0 Å². The summed E-state index contributed by atoms with van der Waals surface area (Å²) in [6, 6.07) is 3.40. The smallest absolute Gasteiger partial charge is 0.289 e. The van der Waals surface area contributed by atoms with Crippen molar-refractivity contribution in [2.45, 2.75) is 19.3 Å². The number of furan rings is 1. The molecule has 0 unspecified atom stereocenters. The van der Waals surface area contributed by atoms with Crippen LogP contribution >= 0.6 is 11.8 Å². The first-order chi connectivity index (χ1) is 10.7. The highest BCUT2D eigenvalue weighted by atomic mass is 32.2. The van der Waals surface area contributed by atoms with E-state index < -0.39 is 0 Å². The summed E-state index contributed by atoms with van der Waals surface area (Å²) in [6.45, 7) is 2.44. The van der Waals surface area contributed by atoms with Crippen molar-refractivity contribution in [1.29, 1.82) is 0 Å². The summed E-state index contributed by atoms with van der Waals surface area (Å²) in [5, 5.41) is 0. The highest BCUT2D eigenvalue weighted by Gasteiger charge is 2.27. The minimum atomic E-state index is -0.0820. The fourth-order valence-corrected chi connectivity index (χ4v) is 4.25. The minimum absolute atomic E-state index is 0.0820. The number of amides is 2. The van der Waals surface area contributed by atoms with E-state index in [9.17, 15) is 9.59 Å². The maximum Gasteiger partial charge on any atom is 0.289 e. The highest BCUT2D eigenvalue weighted by molar-refractivity contribution is 7.99. The molecule has 1 aromatic rings.